The van der Waals surface area contributed by atoms with Crippen molar-refractivity contribution in [3.8, 4) is 5.75 Å². The molecule has 2 aromatic carbocycles. The number of fused-ring (bicyclic) bond motifs is 1. The van der Waals surface area contributed by atoms with Crippen LogP contribution in [0.5, 0.6) is 5.75 Å². The smallest absolute Gasteiger partial charge is 0.325 e. The molecule has 2 saturated heterocycles. The molecule has 5 rings (SSSR count). The molecular weight excluding hydrogens is 464 g/mol. The maximum atomic E-state index is 13.5. The molecule has 35 heavy (non-hydrogen) atoms. The van der Waals surface area contributed by atoms with Gasteiger partial charge >= 0.3 is 6.03 Å². The lowest BCUT2D eigenvalue weighted by atomic mass is 9.87. The van der Waals surface area contributed by atoms with Crippen molar-refractivity contribution in [1.29, 1.82) is 0 Å². The molecule has 2 aliphatic heterocycles. The van der Waals surface area contributed by atoms with E-state index in [0.717, 1.165) is 33.0 Å². The van der Waals surface area contributed by atoms with E-state index in [1.807, 2.05) is 25.1 Å². The number of carbonyl (C=O) groups is 3. The highest BCUT2D eigenvalue weighted by Crippen LogP contribution is 2.35. The van der Waals surface area contributed by atoms with Gasteiger partial charge in [-0.05, 0) is 49.1 Å². The van der Waals surface area contributed by atoms with E-state index in [9.17, 15) is 14.4 Å². The van der Waals surface area contributed by atoms with E-state index in [0.29, 0.717) is 30.8 Å². The number of hydrogen-bond acceptors (Lipinski definition) is 6. The van der Waals surface area contributed by atoms with Gasteiger partial charge in [-0.25, -0.2) is 9.78 Å². The van der Waals surface area contributed by atoms with E-state index >= 15 is 0 Å². The molecule has 182 valence electrons. The summed E-state index contributed by atoms with van der Waals surface area (Å²) in [4.78, 5) is 47.1. The molecule has 3 heterocycles. The number of amides is 4. The van der Waals surface area contributed by atoms with Crippen LogP contribution in [0.25, 0.3) is 10.2 Å². The summed E-state index contributed by atoms with van der Waals surface area (Å²) in [6, 6.07) is 14.6. The zero-order valence-corrected chi connectivity index (χ0v) is 20.6. The average Bonchev–Trinajstić information content (AvgIpc) is 3.44. The van der Waals surface area contributed by atoms with Gasteiger partial charge in [0.15, 0.2) is 0 Å². The van der Waals surface area contributed by atoms with Crippen molar-refractivity contribution in [3.05, 3.63) is 59.1 Å². The van der Waals surface area contributed by atoms with Gasteiger partial charge in [0, 0.05) is 19.0 Å². The van der Waals surface area contributed by atoms with E-state index in [2.05, 4.69) is 11.4 Å². The summed E-state index contributed by atoms with van der Waals surface area (Å²) in [5, 5.41) is 3.88. The van der Waals surface area contributed by atoms with Crippen LogP contribution in [-0.2, 0) is 15.1 Å². The standard InChI is InChI=1S/C26H28N4O4S/c1-3-26(18-10-12-19(34-2)13-11-18)24(32)30(25(33)28-26)16-22(31)29-14-6-7-17(15-29)23-27-20-8-4-5-9-21(20)35-23/h4-5,8-13,17H,3,6-7,14-16H2,1-2H3,(H,28,33)/t17-,26-/m0/s1. The maximum Gasteiger partial charge on any atom is 0.325 e. The monoisotopic (exact) mass is 492 g/mol. The minimum Gasteiger partial charge on any atom is -0.497 e. The Hall–Kier alpha value is -3.46. The lowest BCUT2D eigenvalue weighted by Gasteiger charge is -2.32. The van der Waals surface area contributed by atoms with E-state index in [4.69, 9.17) is 9.72 Å². The van der Waals surface area contributed by atoms with Crippen LogP contribution in [-0.4, -0.2) is 59.4 Å². The molecule has 8 nitrogen and oxygen atoms in total. The van der Waals surface area contributed by atoms with Crippen molar-refractivity contribution in [2.45, 2.75) is 37.6 Å². The lowest BCUT2D eigenvalue weighted by Crippen LogP contribution is -2.47. The van der Waals surface area contributed by atoms with Crippen LogP contribution < -0.4 is 10.1 Å². The van der Waals surface area contributed by atoms with E-state index in [-0.39, 0.29) is 18.4 Å². The van der Waals surface area contributed by atoms with Crippen molar-refractivity contribution in [3.63, 3.8) is 0 Å². The van der Waals surface area contributed by atoms with Crippen molar-refractivity contribution >= 4 is 39.4 Å². The Bertz CT molecular complexity index is 1240. The van der Waals surface area contributed by atoms with Crippen LogP contribution in [0.4, 0.5) is 4.79 Å². The highest BCUT2D eigenvalue weighted by Gasteiger charge is 2.52. The van der Waals surface area contributed by atoms with Gasteiger partial charge in [0.2, 0.25) is 5.91 Å². The van der Waals surface area contributed by atoms with Crippen LogP contribution in [0.3, 0.4) is 0 Å². The van der Waals surface area contributed by atoms with Crippen LogP contribution in [0.1, 0.15) is 42.7 Å². The number of nitrogens with zero attached hydrogens (tertiary/aromatic N) is 3. The number of rotatable bonds is 6. The molecular formula is C26H28N4O4S. The van der Waals surface area contributed by atoms with Gasteiger partial charge in [-0.2, -0.15) is 0 Å². The van der Waals surface area contributed by atoms with E-state index in [1.54, 1.807) is 47.6 Å². The molecule has 0 radical (unpaired) electrons. The first-order valence-electron chi connectivity index (χ1n) is 11.9. The summed E-state index contributed by atoms with van der Waals surface area (Å²) >= 11 is 1.67. The summed E-state index contributed by atoms with van der Waals surface area (Å²) in [5.41, 5.74) is 0.461. The Balaban J connectivity index is 1.30. The number of methoxy groups -OCH3 is 1. The van der Waals surface area contributed by atoms with Crippen molar-refractivity contribution in [2.24, 2.45) is 0 Å². The predicted octanol–water partition coefficient (Wildman–Crippen LogP) is 3.87. The summed E-state index contributed by atoms with van der Waals surface area (Å²) in [5.74, 6) is 0.197. The number of urea groups is 1. The fourth-order valence-electron chi connectivity index (χ4n) is 4.99. The molecule has 0 unspecified atom stereocenters. The summed E-state index contributed by atoms with van der Waals surface area (Å²) in [7, 11) is 1.57. The first-order valence-corrected chi connectivity index (χ1v) is 12.7. The second-order valence-electron chi connectivity index (χ2n) is 9.01. The Kier molecular flexibility index (Phi) is 6.19. The molecule has 1 N–H and O–H groups in total. The third-order valence-corrected chi connectivity index (χ3v) is 8.21. The minimum atomic E-state index is -1.19. The number of likely N-dealkylation sites (tertiary alicyclic amines) is 1. The largest absolute Gasteiger partial charge is 0.497 e. The predicted molar refractivity (Wildman–Crippen MR) is 133 cm³/mol. The van der Waals surface area contributed by atoms with Gasteiger partial charge in [0.25, 0.3) is 5.91 Å². The molecule has 9 heteroatoms. The third kappa shape index (κ3) is 4.14. The molecule has 0 spiro atoms. The Morgan fingerprint density at radius 3 is 2.69 bits per heavy atom. The van der Waals surface area contributed by atoms with Gasteiger partial charge in [-0.1, -0.05) is 31.2 Å². The Labute approximate surface area is 207 Å². The molecule has 3 aromatic rings. The number of aromatic nitrogens is 1. The third-order valence-electron chi connectivity index (χ3n) is 7.02. The number of hydrogen-bond donors (Lipinski definition) is 1. The highest BCUT2D eigenvalue weighted by molar-refractivity contribution is 7.18. The quantitative estimate of drug-likeness (QED) is 0.528. The van der Waals surface area contributed by atoms with Crippen LogP contribution >= 0.6 is 11.3 Å². The number of ether oxygens (including phenoxy) is 1. The number of piperidine rings is 1. The summed E-state index contributed by atoms with van der Waals surface area (Å²) in [6.45, 7) is 2.73. The molecule has 1 aromatic heterocycles. The van der Waals surface area contributed by atoms with Gasteiger partial charge in [-0.3, -0.25) is 14.5 Å². The first-order chi connectivity index (χ1) is 16.9. The fraction of sp³-hybridized carbons (Fsp3) is 0.385. The number of thiazole rings is 1. The van der Waals surface area contributed by atoms with Gasteiger partial charge in [0.1, 0.15) is 17.8 Å². The fourth-order valence-corrected chi connectivity index (χ4v) is 6.08. The van der Waals surface area contributed by atoms with Crippen molar-refractivity contribution in [1.82, 2.24) is 20.1 Å². The average molecular weight is 493 g/mol. The zero-order valence-electron chi connectivity index (χ0n) is 19.8. The highest BCUT2D eigenvalue weighted by atomic mass is 32.1. The topological polar surface area (TPSA) is 91.8 Å². The van der Waals surface area contributed by atoms with Crippen molar-refractivity contribution in [2.75, 3.05) is 26.7 Å². The number of para-hydroxylation sites is 1. The van der Waals surface area contributed by atoms with Crippen LogP contribution in [0.15, 0.2) is 48.5 Å². The first kappa shape index (κ1) is 23.3. The number of nitrogens with one attached hydrogen (secondary N) is 1. The van der Waals surface area contributed by atoms with Gasteiger partial charge < -0.3 is 15.0 Å². The molecule has 2 atom stereocenters. The lowest BCUT2D eigenvalue weighted by molar-refractivity contribution is -0.140. The molecule has 2 fully saturated rings. The van der Waals surface area contributed by atoms with Gasteiger partial charge in [0.05, 0.1) is 22.3 Å². The zero-order chi connectivity index (χ0) is 24.6. The van der Waals surface area contributed by atoms with Crippen molar-refractivity contribution < 1.29 is 19.1 Å². The van der Waals surface area contributed by atoms with Gasteiger partial charge in [-0.15, -0.1) is 11.3 Å². The Morgan fingerprint density at radius 1 is 1.20 bits per heavy atom. The summed E-state index contributed by atoms with van der Waals surface area (Å²) in [6.07, 6.45) is 2.19. The number of benzene rings is 2. The second kappa shape index (κ2) is 9.30. The van der Waals surface area contributed by atoms with Crippen LogP contribution in [0.2, 0.25) is 0 Å². The summed E-state index contributed by atoms with van der Waals surface area (Å²) < 4.78 is 6.35. The second-order valence-corrected chi connectivity index (χ2v) is 10.1. The SMILES string of the molecule is CC[C@@]1(c2ccc(OC)cc2)NC(=O)N(CC(=O)N2CCC[C@H](c3nc4ccccc4s3)C2)C1=O. The molecule has 0 bridgehead atoms. The molecule has 2 aliphatic rings. The van der Waals surface area contributed by atoms with E-state index < -0.39 is 17.5 Å². The number of imide groups is 1. The molecule has 0 saturated carbocycles. The number of carbonyl (C=O) groups excluding carboxylic acids is 3. The normalized spacial score (nSPS) is 22.5. The van der Waals surface area contributed by atoms with E-state index in [1.165, 1.54) is 0 Å². The minimum absolute atomic E-state index is 0.155. The molecule has 0 aliphatic carbocycles. The molecule has 4 amide bonds. The maximum absolute atomic E-state index is 13.5. The Morgan fingerprint density at radius 2 is 1.97 bits per heavy atom. The van der Waals surface area contributed by atoms with Crippen LogP contribution in [0, 0.1) is 0 Å².